The van der Waals surface area contributed by atoms with Crippen molar-refractivity contribution < 1.29 is 13.2 Å². The second-order valence-corrected chi connectivity index (χ2v) is 11.3. The van der Waals surface area contributed by atoms with E-state index in [9.17, 15) is 13.2 Å². The molecular formula is C17H29NO3S. The normalized spacial score (nSPS) is 38.2. The maximum atomic E-state index is 12.8. The molecule has 3 aliphatic rings. The molecule has 0 unspecified atom stereocenters. The average Bonchev–Trinajstić information content (AvgIpc) is 2.68. The van der Waals surface area contributed by atoms with Crippen molar-refractivity contribution in [2.45, 2.75) is 54.0 Å². The second-order valence-electron chi connectivity index (χ2n) is 9.22. The van der Waals surface area contributed by atoms with Gasteiger partial charge in [0.25, 0.3) is 0 Å². The molecule has 2 heterocycles. The molecule has 0 aromatic heterocycles. The van der Waals surface area contributed by atoms with Crippen LogP contribution in [0.3, 0.4) is 0 Å². The van der Waals surface area contributed by atoms with Gasteiger partial charge in [0.2, 0.25) is 0 Å². The Morgan fingerprint density at radius 3 is 2.14 bits per heavy atom. The van der Waals surface area contributed by atoms with E-state index in [1.54, 1.807) is 0 Å². The van der Waals surface area contributed by atoms with E-state index in [2.05, 4.69) is 25.7 Å². The number of nitrogens with zero attached hydrogens (tertiary/aromatic N) is 1. The monoisotopic (exact) mass is 327 g/mol. The third kappa shape index (κ3) is 1.73. The lowest BCUT2D eigenvalue weighted by molar-refractivity contribution is -0.130. The first-order chi connectivity index (χ1) is 9.84. The largest absolute Gasteiger partial charge is 0.297 e. The molecule has 2 aliphatic heterocycles. The van der Waals surface area contributed by atoms with Gasteiger partial charge in [-0.15, -0.1) is 0 Å². The van der Waals surface area contributed by atoms with E-state index in [0.29, 0.717) is 17.3 Å². The van der Waals surface area contributed by atoms with E-state index in [0.717, 1.165) is 19.5 Å². The number of carbonyl (C=O) groups excluding carboxylic acids is 1. The molecular weight excluding hydrogens is 298 g/mol. The lowest BCUT2D eigenvalue weighted by Crippen LogP contribution is -2.44. The zero-order chi connectivity index (χ0) is 16.8. The Morgan fingerprint density at radius 1 is 1.18 bits per heavy atom. The Bertz CT molecular complexity index is 617. The van der Waals surface area contributed by atoms with Crippen molar-refractivity contribution in [2.75, 3.05) is 24.6 Å². The molecule has 0 radical (unpaired) electrons. The van der Waals surface area contributed by atoms with Crippen LogP contribution in [-0.4, -0.2) is 49.7 Å². The first-order valence-electron chi connectivity index (χ1n) is 8.32. The Morgan fingerprint density at radius 2 is 1.73 bits per heavy atom. The standard InChI is InChI=1S/C17H29NO3S/c1-7-18-9-16(8-12(18)13(19)14(2,3)4)15(5,6)17(16)10-22(20,21)11-17/h12H,7-11H2,1-6H3/t12-,16-/m0/s1. The van der Waals surface area contributed by atoms with E-state index in [1.165, 1.54) is 0 Å². The number of carbonyl (C=O) groups is 1. The van der Waals surface area contributed by atoms with Crippen molar-refractivity contribution in [3.63, 3.8) is 0 Å². The van der Waals surface area contributed by atoms with Gasteiger partial charge in [0.1, 0.15) is 0 Å². The van der Waals surface area contributed by atoms with Crippen LogP contribution in [0.15, 0.2) is 0 Å². The summed E-state index contributed by atoms with van der Waals surface area (Å²) in [5.74, 6) is 0.938. The lowest BCUT2D eigenvalue weighted by Gasteiger charge is -2.31. The lowest BCUT2D eigenvalue weighted by atomic mass is 9.82. The van der Waals surface area contributed by atoms with Gasteiger partial charge in [-0.25, -0.2) is 8.42 Å². The van der Waals surface area contributed by atoms with Crippen LogP contribution in [0.1, 0.15) is 48.0 Å². The highest BCUT2D eigenvalue weighted by atomic mass is 32.2. The van der Waals surface area contributed by atoms with Gasteiger partial charge in [-0.3, -0.25) is 9.69 Å². The molecule has 0 aromatic rings. The predicted molar refractivity (Wildman–Crippen MR) is 87.4 cm³/mol. The molecule has 3 fully saturated rings. The van der Waals surface area contributed by atoms with Crippen molar-refractivity contribution in [3.05, 3.63) is 0 Å². The quantitative estimate of drug-likeness (QED) is 0.780. The van der Waals surface area contributed by atoms with Gasteiger partial charge < -0.3 is 0 Å². The Kier molecular flexibility index (Phi) is 3.10. The number of ketones is 1. The third-order valence-corrected chi connectivity index (χ3v) is 8.95. The van der Waals surface area contributed by atoms with Crippen molar-refractivity contribution in [1.82, 2.24) is 4.90 Å². The summed E-state index contributed by atoms with van der Waals surface area (Å²) in [7, 11) is -2.85. The molecule has 5 heteroatoms. The summed E-state index contributed by atoms with van der Waals surface area (Å²) >= 11 is 0. The van der Waals surface area contributed by atoms with E-state index in [-0.39, 0.29) is 27.7 Å². The minimum Gasteiger partial charge on any atom is -0.297 e. The van der Waals surface area contributed by atoms with Gasteiger partial charge in [0.15, 0.2) is 15.6 Å². The first-order valence-corrected chi connectivity index (χ1v) is 10.1. The second kappa shape index (κ2) is 4.15. The molecule has 0 bridgehead atoms. The van der Waals surface area contributed by atoms with E-state index in [1.807, 2.05) is 20.8 Å². The molecule has 2 saturated heterocycles. The number of Topliss-reactive ketones (excluding diaryl/α,β-unsaturated/α-hetero) is 1. The molecule has 0 amide bonds. The maximum Gasteiger partial charge on any atom is 0.155 e. The van der Waals surface area contributed by atoms with Gasteiger partial charge in [-0.05, 0) is 23.8 Å². The molecule has 22 heavy (non-hydrogen) atoms. The van der Waals surface area contributed by atoms with Crippen LogP contribution in [0.2, 0.25) is 0 Å². The molecule has 0 N–H and O–H groups in total. The number of hydrogen-bond acceptors (Lipinski definition) is 4. The molecule has 3 rings (SSSR count). The highest BCUT2D eigenvalue weighted by Crippen LogP contribution is 2.85. The zero-order valence-corrected chi connectivity index (χ0v) is 15.5. The SMILES string of the molecule is CCN1C[C@@]2(C[C@H]1C(=O)C(C)(C)C)C(C)(C)C21CS(=O)(=O)C1. The van der Waals surface area contributed by atoms with Crippen molar-refractivity contribution >= 4 is 15.6 Å². The number of likely N-dealkylation sites (N-methyl/N-ethyl adjacent to an activating group) is 1. The van der Waals surface area contributed by atoms with E-state index < -0.39 is 9.84 Å². The summed E-state index contributed by atoms with van der Waals surface area (Å²) in [6.45, 7) is 14.2. The van der Waals surface area contributed by atoms with Gasteiger partial charge in [-0.1, -0.05) is 41.5 Å². The van der Waals surface area contributed by atoms with Crippen LogP contribution in [0.25, 0.3) is 0 Å². The molecule has 0 aromatic carbocycles. The fourth-order valence-electron chi connectivity index (χ4n) is 5.48. The zero-order valence-electron chi connectivity index (χ0n) is 14.7. The summed E-state index contributed by atoms with van der Waals surface area (Å²) in [6, 6.07) is -0.0491. The van der Waals surface area contributed by atoms with Crippen molar-refractivity contribution in [3.8, 4) is 0 Å². The summed E-state index contributed by atoms with van der Waals surface area (Å²) in [5, 5.41) is 0. The summed E-state index contributed by atoms with van der Waals surface area (Å²) in [6.07, 6.45) is 0.833. The number of rotatable bonds is 2. The Labute approximate surface area is 134 Å². The van der Waals surface area contributed by atoms with Gasteiger partial charge in [0.05, 0.1) is 17.5 Å². The van der Waals surface area contributed by atoms with E-state index >= 15 is 0 Å². The fraction of sp³-hybridized carbons (Fsp3) is 0.941. The Hall–Kier alpha value is -0.420. The topological polar surface area (TPSA) is 54.5 Å². The summed E-state index contributed by atoms with van der Waals surface area (Å²) in [5.41, 5.74) is -0.404. The first kappa shape index (κ1) is 16.4. The number of likely N-dealkylation sites (tertiary alicyclic amines) is 1. The predicted octanol–water partition coefficient (Wildman–Crippen LogP) is 2.14. The molecule has 2 spiro atoms. The number of sulfone groups is 1. The van der Waals surface area contributed by atoms with Gasteiger partial charge in [0, 0.05) is 17.4 Å². The van der Waals surface area contributed by atoms with Crippen LogP contribution in [0.5, 0.6) is 0 Å². The molecule has 2 atom stereocenters. The van der Waals surface area contributed by atoms with Crippen LogP contribution in [-0.2, 0) is 14.6 Å². The smallest absolute Gasteiger partial charge is 0.155 e. The highest BCUT2D eigenvalue weighted by molar-refractivity contribution is 7.92. The third-order valence-electron chi connectivity index (χ3n) is 7.08. The molecule has 1 aliphatic carbocycles. The summed E-state index contributed by atoms with van der Waals surface area (Å²) in [4.78, 5) is 15.1. The van der Waals surface area contributed by atoms with Crippen LogP contribution in [0.4, 0.5) is 0 Å². The minimum atomic E-state index is -2.85. The van der Waals surface area contributed by atoms with Gasteiger partial charge >= 0.3 is 0 Å². The molecule has 126 valence electrons. The number of hydrogen-bond donors (Lipinski definition) is 0. The highest BCUT2D eigenvalue weighted by Gasteiger charge is 2.88. The fourth-order valence-corrected chi connectivity index (χ4v) is 8.17. The van der Waals surface area contributed by atoms with Crippen LogP contribution >= 0.6 is 0 Å². The number of fused-ring (bicyclic) bond motifs is 1. The van der Waals surface area contributed by atoms with Crippen LogP contribution in [0, 0.1) is 21.7 Å². The summed E-state index contributed by atoms with van der Waals surface area (Å²) < 4.78 is 23.6. The van der Waals surface area contributed by atoms with Crippen LogP contribution < -0.4 is 0 Å². The minimum absolute atomic E-state index is 0.00685. The maximum absolute atomic E-state index is 12.8. The van der Waals surface area contributed by atoms with Gasteiger partial charge in [-0.2, -0.15) is 0 Å². The molecule has 4 nitrogen and oxygen atoms in total. The Balaban J connectivity index is 1.91. The van der Waals surface area contributed by atoms with Crippen molar-refractivity contribution in [1.29, 1.82) is 0 Å². The molecule has 1 saturated carbocycles. The average molecular weight is 327 g/mol. The van der Waals surface area contributed by atoms with E-state index in [4.69, 9.17) is 0 Å². The van der Waals surface area contributed by atoms with Crippen molar-refractivity contribution in [2.24, 2.45) is 21.7 Å².